The minimum atomic E-state index is -0.917. The lowest BCUT2D eigenvalue weighted by molar-refractivity contribution is -0.139. The summed E-state index contributed by atoms with van der Waals surface area (Å²) in [7, 11) is 1.94. The molecule has 29 heavy (non-hydrogen) atoms. The Kier molecular flexibility index (Phi) is 5.28. The summed E-state index contributed by atoms with van der Waals surface area (Å²) in [6.07, 6.45) is 0.811. The highest BCUT2D eigenvalue weighted by molar-refractivity contribution is 5.79. The summed E-state index contributed by atoms with van der Waals surface area (Å²) in [5.74, 6) is -0.933. The summed E-state index contributed by atoms with van der Waals surface area (Å²) in [4.78, 5) is 26.1. The number of nitrogens with one attached hydrogen (secondary N) is 1. The summed E-state index contributed by atoms with van der Waals surface area (Å²) in [5.41, 5.74) is 3.86. The lowest BCUT2D eigenvalue weighted by Crippen LogP contribution is -2.59. The van der Waals surface area contributed by atoms with Gasteiger partial charge in [-0.25, -0.2) is 4.79 Å². The van der Waals surface area contributed by atoms with Crippen molar-refractivity contribution in [2.45, 2.75) is 30.7 Å². The molecule has 0 aromatic heterocycles. The lowest BCUT2D eigenvalue weighted by atomic mass is 9.86. The largest absolute Gasteiger partial charge is 0.481 e. The van der Waals surface area contributed by atoms with Crippen molar-refractivity contribution < 1.29 is 19.4 Å². The number of piperidine rings is 1. The molecule has 0 saturated carbocycles. The molecule has 152 valence electrons. The van der Waals surface area contributed by atoms with E-state index in [9.17, 15) is 14.7 Å². The summed E-state index contributed by atoms with van der Waals surface area (Å²) in [6, 6.07) is 16.4. The Balaban J connectivity index is 1.47. The first-order valence-corrected chi connectivity index (χ1v) is 10.0. The van der Waals surface area contributed by atoms with E-state index < -0.39 is 17.6 Å². The van der Waals surface area contributed by atoms with Crippen molar-refractivity contribution in [3.05, 3.63) is 59.7 Å². The lowest BCUT2D eigenvalue weighted by Gasteiger charge is -2.40. The molecule has 0 bridgehead atoms. The molecule has 1 fully saturated rings. The van der Waals surface area contributed by atoms with Crippen molar-refractivity contribution in [1.29, 1.82) is 0 Å². The van der Waals surface area contributed by atoms with Crippen LogP contribution in [-0.4, -0.2) is 54.4 Å². The number of nitrogens with zero attached hydrogens (tertiary/aromatic N) is 1. The second-order valence-corrected chi connectivity index (χ2v) is 8.14. The third kappa shape index (κ3) is 3.98. The number of hydrogen-bond donors (Lipinski definition) is 2. The SMILES string of the molecule is CN1CCCC(CC(=O)O)(NC(=O)OCC2c3ccccc3-c3ccccc32)C1. The Bertz CT molecular complexity index is 883. The fourth-order valence-electron chi connectivity index (χ4n) is 4.79. The van der Waals surface area contributed by atoms with Crippen LogP contribution in [0.15, 0.2) is 48.5 Å². The molecule has 2 N–H and O–H groups in total. The minimum absolute atomic E-state index is 0.0161. The van der Waals surface area contributed by atoms with E-state index >= 15 is 0 Å². The van der Waals surface area contributed by atoms with Gasteiger partial charge in [-0.3, -0.25) is 4.79 Å². The van der Waals surface area contributed by atoms with Crippen molar-refractivity contribution in [3.63, 3.8) is 0 Å². The average molecular weight is 394 g/mol. The first-order valence-electron chi connectivity index (χ1n) is 10.0. The van der Waals surface area contributed by atoms with Gasteiger partial charge in [-0.1, -0.05) is 48.5 Å². The van der Waals surface area contributed by atoms with Gasteiger partial charge in [0.2, 0.25) is 0 Å². The average Bonchev–Trinajstić information content (AvgIpc) is 2.99. The van der Waals surface area contributed by atoms with Gasteiger partial charge < -0.3 is 20.1 Å². The maximum absolute atomic E-state index is 12.6. The van der Waals surface area contributed by atoms with Crippen LogP contribution in [0.3, 0.4) is 0 Å². The number of hydrogen-bond acceptors (Lipinski definition) is 4. The number of rotatable bonds is 5. The van der Waals surface area contributed by atoms with Crippen molar-refractivity contribution in [3.8, 4) is 11.1 Å². The van der Waals surface area contributed by atoms with Gasteiger partial charge >= 0.3 is 12.1 Å². The number of amides is 1. The number of carbonyl (C=O) groups is 2. The fraction of sp³-hybridized carbons (Fsp3) is 0.391. The Hall–Kier alpha value is -2.86. The zero-order valence-corrected chi connectivity index (χ0v) is 16.6. The van der Waals surface area contributed by atoms with E-state index in [1.165, 1.54) is 11.1 Å². The van der Waals surface area contributed by atoms with Crippen LogP contribution in [0.5, 0.6) is 0 Å². The van der Waals surface area contributed by atoms with Crippen LogP contribution in [0.2, 0.25) is 0 Å². The Morgan fingerprint density at radius 2 is 1.76 bits per heavy atom. The van der Waals surface area contributed by atoms with E-state index in [1.54, 1.807) is 0 Å². The molecule has 6 nitrogen and oxygen atoms in total. The van der Waals surface area contributed by atoms with Gasteiger partial charge in [0.15, 0.2) is 0 Å². The molecular weight excluding hydrogens is 368 g/mol. The summed E-state index contributed by atoms with van der Waals surface area (Å²) in [5, 5.41) is 12.2. The smallest absolute Gasteiger partial charge is 0.407 e. The molecule has 1 atom stereocenters. The molecule has 6 heteroatoms. The first kappa shape index (κ1) is 19.5. The molecule has 1 aliphatic carbocycles. The number of likely N-dealkylation sites (N-methyl/N-ethyl adjacent to an activating group) is 1. The van der Waals surface area contributed by atoms with Crippen molar-refractivity contribution in [2.75, 3.05) is 26.7 Å². The van der Waals surface area contributed by atoms with Crippen LogP contribution in [0.1, 0.15) is 36.3 Å². The topological polar surface area (TPSA) is 78.9 Å². The summed E-state index contributed by atoms with van der Waals surface area (Å²) < 4.78 is 5.62. The number of fused-ring (bicyclic) bond motifs is 3. The van der Waals surface area contributed by atoms with Crippen LogP contribution in [-0.2, 0) is 9.53 Å². The summed E-state index contributed by atoms with van der Waals surface area (Å²) >= 11 is 0. The number of carboxylic acids is 1. The van der Waals surface area contributed by atoms with Crippen molar-refractivity contribution in [1.82, 2.24) is 10.2 Å². The highest BCUT2D eigenvalue weighted by Gasteiger charge is 2.39. The van der Waals surface area contributed by atoms with E-state index in [1.807, 2.05) is 31.3 Å². The highest BCUT2D eigenvalue weighted by atomic mass is 16.5. The normalized spacial score (nSPS) is 21.3. The third-order valence-corrected chi connectivity index (χ3v) is 5.97. The van der Waals surface area contributed by atoms with Crippen LogP contribution in [0.4, 0.5) is 4.79 Å². The van der Waals surface area contributed by atoms with Gasteiger partial charge in [-0.05, 0) is 48.7 Å². The van der Waals surface area contributed by atoms with Gasteiger partial charge in [0.25, 0.3) is 0 Å². The van der Waals surface area contributed by atoms with Crippen LogP contribution < -0.4 is 5.32 Å². The number of aliphatic carboxylic acids is 1. The molecule has 0 spiro atoms. The van der Waals surface area contributed by atoms with Gasteiger partial charge in [0.1, 0.15) is 6.61 Å². The Morgan fingerprint density at radius 1 is 1.14 bits per heavy atom. The van der Waals surface area contributed by atoms with E-state index in [0.29, 0.717) is 13.0 Å². The zero-order chi connectivity index (χ0) is 20.4. The molecule has 1 aliphatic heterocycles. The Labute approximate surface area is 170 Å². The van der Waals surface area contributed by atoms with Crippen LogP contribution in [0.25, 0.3) is 11.1 Å². The first-order chi connectivity index (χ1) is 14.0. The predicted octanol–water partition coefficient (Wildman–Crippen LogP) is 3.46. The van der Waals surface area contributed by atoms with Gasteiger partial charge in [-0.15, -0.1) is 0 Å². The standard InChI is InChI=1S/C23H26N2O4/c1-25-12-6-11-23(15-25,13-21(26)27)24-22(28)29-14-20-18-9-4-2-7-16(18)17-8-3-5-10-19(17)20/h2-5,7-10,20H,6,11-15H2,1H3,(H,24,28)(H,26,27). The van der Waals surface area contributed by atoms with Gasteiger partial charge in [0, 0.05) is 12.5 Å². The molecule has 1 heterocycles. The maximum atomic E-state index is 12.6. The Morgan fingerprint density at radius 3 is 2.34 bits per heavy atom. The molecule has 1 amide bonds. The fourth-order valence-corrected chi connectivity index (χ4v) is 4.79. The molecule has 2 aromatic rings. The van der Waals surface area contributed by atoms with E-state index in [4.69, 9.17) is 4.74 Å². The summed E-state index contributed by atoms with van der Waals surface area (Å²) in [6.45, 7) is 1.62. The second kappa shape index (κ2) is 7.87. The second-order valence-electron chi connectivity index (χ2n) is 8.14. The quantitative estimate of drug-likeness (QED) is 0.812. The van der Waals surface area contributed by atoms with Crippen LogP contribution in [0, 0.1) is 0 Å². The molecule has 4 rings (SSSR count). The number of carboxylic acid groups (broad SMARTS) is 1. The number of ether oxygens (including phenoxy) is 1. The molecule has 1 unspecified atom stereocenters. The predicted molar refractivity (Wildman–Crippen MR) is 110 cm³/mol. The number of carbonyl (C=O) groups excluding carboxylic acids is 1. The highest BCUT2D eigenvalue weighted by Crippen LogP contribution is 2.44. The van der Waals surface area contributed by atoms with Crippen molar-refractivity contribution >= 4 is 12.1 Å². The molecule has 2 aliphatic rings. The number of alkyl carbamates (subject to hydrolysis) is 1. The molecular formula is C23H26N2O4. The van der Waals surface area contributed by atoms with Crippen molar-refractivity contribution in [2.24, 2.45) is 0 Å². The zero-order valence-electron chi connectivity index (χ0n) is 16.6. The third-order valence-electron chi connectivity index (χ3n) is 5.97. The molecule has 2 aromatic carbocycles. The minimum Gasteiger partial charge on any atom is -0.481 e. The van der Waals surface area contributed by atoms with E-state index in [2.05, 4.69) is 34.5 Å². The monoisotopic (exact) mass is 394 g/mol. The van der Waals surface area contributed by atoms with Gasteiger partial charge in [0.05, 0.1) is 12.0 Å². The van der Waals surface area contributed by atoms with E-state index in [-0.39, 0.29) is 18.9 Å². The number of likely N-dealkylation sites (tertiary alicyclic amines) is 1. The van der Waals surface area contributed by atoms with E-state index in [0.717, 1.165) is 24.1 Å². The van der Waals surface area contributed by atoms with Crippen LogP contribution >= 0.6 is 0 Å². The molecule has 0 radical (unpaired) electrons. The van der Waals surface area contributed by atoms with Gasteiger partial charge in [-0.2, -0.15) is 0 Å². The maximum Gasteiger partial charge on any atom is 0.407 e. The number of benzene rings is 2. The molecule has 1 saturated heterocycles.